The Bertz CT molecular complexity index is 827. The fourth-order valence-corrected chi connectivity index (χ4v) is 3.27. The lowest BCUT2D eigenvalue weighted by molar-refractivity contribution is -0.493. The molecule has 2 aromatic rings. The van der Waals surface area contributed by atoms with Crippen LogP contribution in [-0.2, 0) is 12.8 Å². The van der Waals surface area contributed by atoms with E-state index >= 15 is 0 Å². The van der Waals surface area contributed by atoms with Gasteiger partial charge >= 0.3 is 0 Å². The molecule has 3 rings (SSSR count). The number of nitrogens with zero attached hydrogens (tertiary/aromatic N) is 2. The number of fused-ring (bicyclic) bond motifs is 1. The van der Waals surface area contributed by atoms with Crippen LogP contribution in [0.4, 0.5) is 0 Å². The third kappa shape index (κ3) is 2.62. The maximum absolute atomic E-state index is 12.9. The van der Waals surface area contributed by atoms with Crippen molar-refractivity contribution in [1.82, 2.24) is 4.73 Å². The van der Waals surface area contributed by atoms with E-state index < -0.39 is 0 Å². The first-order valence-electron chi connectivity index (χ1n) is 8.35. The van der Waals surface area contributed by atoms with Gasteiger partial charge in [0, 0.05) is 11.3 Å². The average molecular weight is 330 g/mol. The van der Waals surface area contributed by atoms with E-state index in [1.54, 1.807) is 25.1 Å². The SMILES string of the molecule is CCOc1ccc(OCC)c(-c2c(C)n([O-])c3c([n+]2=O)CCC3)c1. The Labute approximate surface area is 140 Å². The van der Waals surface area contributed by atoms with E-state index in [0.717, 1.165) is 15.6 Å². The first-order valence-corrected chi connectivity index (χ1v) is 8.35. The molecule has 6 nitrogen and oxygen atoms in total. The molecule has 0 spiro atoms. The summed E-state index contributed by atoms with van der Waals surface area (Å²) in [6.45, 7) is 6.46. The molecule has 0 radical (unpaired) electrons. The Hall–Kier alpha value is -2.50. The molecule has 0 bridgehead atoms. The van der Waals surface area contributed by atoms with Gasteiger partial charge in [-0.2, -0.15) is 0 Å². The minimum Gasteiger partial charge on any atom is -0.805 e. The minimum atomic E-state index is 0.343. The lowest BCUT2D eigenvalue weighted by atomic mass is 10.1. The second-order valence-electron chi connectivity index (χ2n) is 5.79. The minimum absolute atomic E-state index is 0.343. The van der Waals surface area contributed by atoms with Gasteiger partial charge in [-0.15, -0.1) is 0 Å². The summed E-state index contributed by atoms with van der Waals surface area (Å²) in [6, 6.07) is 5.36. The molecule has 1 aliphatic carbocycles. The normalized spacial score (nSPS) is 13.0. The van der Waals surface area contributed by atoms with Crippen LogP contribution >= 0.6 is 0 Å². The number of ether oxygens (including phenoxy) is 2. The zero-order valence-electron chi connectivity index (χ0n) is 14.3. The summed E-state index contributed by atoms with van der Waals surface area (Å²) in [5, 5.41) is 12.6. The number of aromatic nitrogens is 2. The Morgan fingerprint density at radius 2 is 1.96 bits per heavy atom. The Kier molecular flexibility index (Phi) is 4.46. The number of benzene rings is 1. The summed E-state index contributed by atoms with van der Waals surface area (Å²) in [4.78, 5) is 12.9. The molecule has 6 heteroatoms. The zero-order valence-corrected chi connectivity index (χ0v) is 14.3. The largest absolute Gasteiger partial charge is 0.805 e. The van der Waals surface area contributed by atoms with Crippen LogP contribution in [0.3, 0.4) is 0 Å². The predicted octanol–water partition coefficient (Wildman–Crippen LogP) is 3.01. The van der Waals surface area contributed by atoms with E-state index in [9.17, 15) is 10.1 Å². The van der Waals surface area contributed by atoms with Crippen molar-refractivity contribution >= 4 is 0 Å². The van der Waals surface area contributed by atoms with Crippen LogP contribution in [0.2, 0.25) is 0 Å². The smallest absolute Gasteiger partial charge is 0.292 e. The summed E-state index contributed by atoms with van der Waals surface area (Å²) in [5.41, 5.74) is 2.48. The molecule has 0 atom stereocenters. The Morgan fingerprint density at radius 3 is 2.67 bits per heavy atom. The summed E-state index contributed by atoms with van der Waals surface area (Å²) < 4.78 is 13.0. The number of hydrogen-bond donors (Lipinski definition) is 0. The summed E-state index contributed by atoms with van der Waals surface area (Å²) in [7, 11) is 0. The summed E-state index contributed by atoms with van der Waals surface area (Å²) in [6.07, 6.45) is 2.11. The topological polar surface area (TPSA) is 69.4 Å². The highest BCUT2D eigenvalue weighted by Gasteiger charge is 2.31. The number of rotatable bonds is 5. The second kappa shape index (κ2) is 6.55. The predicted molar refractivity (Wildman–Crippen MR) is 91.1 cm³/mol. The van der Waals surface area contributed by atoms with Gasteiger partial charge in [0.25, 0.3) is 11.4 Å². The van der Waals surface area contributed by atoms with E-state index in [1.807, 2.05) is 13.8 Å². The van der Waals surface area contributed by atoms with E-state index in [-0.39, 0.29) is 0 Å². The Balaban J connectivity index is 2.27. The molecular formula is C18H22N2O4. The van der Waals surface area contributed by atoms with Crippen LogP contribution in [0.1, 0.15) is 37.4 Å². The maximum atomic E-state index is 12.9. The fraction of sp³-hybridized carbons (Fsp3) is 0.444. The van der Waals surface area contributed by atoms with Crippen molar-refractivity contribution in [3.63, 3.8) is 0 Å². The third-order valence-electron chi connectivity index (χ3n) is 4.32. The molecule has 128 valence electrons. The van der Waals surface area contributed by atoms with Gasteiger partial charge in [0.2, 0.25) is 0 Å². The maximum Gasteiger partial charge on any atom is 0.292 e. The lowest BCUT2D eigenvalue weighted by Gasteiger charge is -2.19. The van der Waals surface area contributed by atoms with Gasteiger partial charge in [0.15, 0.2) is 0 Å². The molecule has 0 saturated heterocycles. The molecular weight excluding hydrogens is 308 g/mol. The molecule has 0 amide bonds. The van der Waals surface area contributed by atoms with Gasteiger partial charge < -0.3 is 19.4 Å². The van der Waals surface area contributed by atoms with E-state index in [1.165, 1.54) is 0 Å². The van der Waals surface area contributed by atoms with Crippen LogP contribution in [0.15, 0.2) is 18.2 Å². The van der Waals surface area contributed by atoms with E-state index in [2.05, 4.69) is 0 Å². The third-order valence-corrected chi connectivity index (χ3v) is 4.32. The van der Waals surface area contributed by atoms with Crippen molar-refractivity contribution in [3.8, 4) is 22.8 Å². The lowest BCUT2D eigenvalue weighted by Crippen LogP contribution is -2.29. The molecule has 1 aromatic heterocycles. The highest BCUT2D eigenvalue weighted by molar-refractivity contribution is 5.69. The quantitative estimate of drug-likeness (QED) is 0.790. The van der Waals surface area contributed by atoms with E-state index in [0.29, 0.717) is 65.9 Å². The molecule has 0 aliphatic heterocycles. The molecule has 0 unspecified atom stereocenters. The van der Waals surface area contributed by atoms with E-state index in [4.69, 9.17) is 9.47 Å². The molecule has 0 saturated carbocycles. The number of hydrogen-bond acceptors (Lipinski definition) is 4. The van der Waals surface area contributed by atoms with Crippen molar-refractivity contribution in [3.05, 3.63) is 45.4 Å². The molecule has 1 aromatic carbocycles. The first-order chi connectivity index (χ1) is 11.6. The van der Waals surface area contributed by atoms with Gasteiger partial charge in [-0.3, -0.25) is 0 Å². The van der Waals surface area contributed by atoms with Crippen LogP contribution in [0.25, 0.3) is 11.3 Å². The van der Waals surface area contributed by atoms with Crippen LogP contribution in [0.5, 0.6) is 11.5 Å². The molecule has 0 fully saturated rings. The average Bonchev–Trinajstić information content (AvgIpc) is 3.06. The van der Waals surface area contributed by atoms with Gasteiger partial charge in [0.1, 0.15) is 11.5 Å². The van der Waals surface area contributed by atoms with Crippen molar-refractivity contribution in [1.29, 1.82) is 0 Å². The van der Waals surface area contributed by atoms with Crippen LogP contribution in [-0.4, -0.2) is 17.9 Å². The highest BCUT2D eigenvalue weighted by atomic mass is 16.5. The standard InChI is InChI=1S/C18H22N2O4/c1-4-23-13-9-10-17(24-5-2)14(11-13)18-12(3)19(21)15-7-6-8-16(15)20(18)22/h9-11H,4-8H2,1-3H3. The summed E-state index contributed by atoms with van der Waals surface area (Å²) in [5.74, 6) is 1.22. The second-order valence-corrected chi connectivity index (χ2v) is 5.79. The van der Waals surface area contributed by atoms with Gasteiger partial charge in [-0.1, -0.05) is 0 Å². The van der Waals surface area contributed by atoms with Crippen molar-refractivity contribution in [2.45, 2.75) is 40.0 Å². The van der Waals surface area contributed by atoms with Gasteiger partial charge in [-0.25, -0.2) is 0 Å². The molecule has 24 heavy (non-hydrogen) atoms. The fourth-order valence-electron chi connectivity index (χ4n) is 3.27. The Morgan fingerprint density at radius 1 is 1.21 bits per heavy atom. The van der Waals surface area contributed by atoms with Crippen molar-refractivity contribution in [2.75, 3.05) is 13.2 Å². The van der Waals surface area contributed by atoms with Gasteiger partial charge in [-0.05, 0) is 51.8 Å². The van der Waals surface area contributed by atoms with Crippen LogP contribution < -0.4 is 13.9 Å². The monoisotopic (exact) mass is 330 g/mol. The summed E-state index contributed by atoms with van der Waals surface area (Å²) >= 11 is 0. The van der Waals surface area contributed by atoms with Crippen molar-refractivity contribution < 1.29 is 13.9 Å². The van der Waals surface area contributed by atoms with Gasteiger partial charge in [0.05, 0.1) is 34.6 Å². The molecule has 1 aliphatic rings. The molecule has 0 N–H and O–H groups in total. The van der Waals surface area contributed by atoms with Crippen LogP contribution in [0, 0.1) is 17.0 Å². The molecule has 1 heterocycles. The zero-order chi connectivity index (χ0) is 17.3. The van der Waals surface area contributed by atoms with Crippen molar-refractivity contribution in [2.24, 2.45) is 0 Å². The first kappa shape index (κ1) is 16.4. The highest BCUT2D eigenvalue weighted by Crippen LogP contribution is 2.34.